The standard InChI is InChI=1S/C18H12Cl2FN5O3S2/c1-25-15(28)14-11(24-31-16(14)26(2)18(25)29)5-13(27)23-17-22-12(6-30-17)7-3-10(21)9(20)4-8(7)19/h3-4,6H,5H2,1-2H3,(H,22,23,27). The van der Waals surface area contributed by atoms with Gasteiger partial charge in [0.05, 0.1) is 33.2 Å². The van der Waals surface area contributed by atoms with E-state index in [0.29, 0.717) is 16.1 Å². The lowest BCUT2D eigenvalue weighted by atomic mass is 10.2. The predicted molar refractivity (Wildman–Crippen MR) is 120 cm³/mol. The van der Waals surface area contributed by atoms with Crippen LogP contribution in [0, 0.1) is 5.82 Å². The normalized spacial score (nSPS) is 11.3. The van der Waals surface area contributed by atoms with Crippen LogP contribution in [0.3, 0.4) is 0 Å². The lowest BCUT2D eigenvalue weighted by Crippen LogP contribution is -2.36. The number of hydrogen-bond acceptors (Lipinski definition) is 7. The fraction of sp³-hybridized carbons (Fsp3) is 0.167. The highest BCUT2D eigenvalue weighted by molar-refractivity contribution is 7.14. The average Bonchev–Trinajstić information content (AvgIpc) is 3.34. The molecule has 13 heteroatoms. The van der Waals surface area contributed by atoms with Crippen LogP contribution in [0.2, 0.25) is 10.0 Å². The fourth-order valence-corrected chi connectivity index (χ4v) is 4.99. The number of anilines is 1. The van der Waals surface area contributed by atoms with Gasteiger partial charge in [-0.05, 0) is 23.7 Å². The molecule has 31 heavy (non-hydrogen) atoms. The van der Waals surface area contributed by atoms with Crippen LogP contribution in [-0.4, -0.2) is 24.4 Å². The van der Waals surface area contributed by atoms with Crippen molar-refractivity contribution in [3.05, 3.63) is 59.9 Å². The summed E-state index contributed by atoms with van der Waals surface area (Å²) < 4.78 is 20.2. The van der Waals surface area contributed by atoms with Gasteiger partial charge in [-0.15, -0.1) is 11.3 Å². The van der Waals surface area contributed by atoms with E-state index in [1.165, 1.54) is 30.8 Å². The molecule has 0 spiro atoms. The highest BCUT2D eigenvalue weighted by Crippen LogP contribution is 2.34. The van der Waals surface area contributed by atoms with Crippen LogP contribution in [-0.2, 0) is 25.3 Å². The van der Waals surface area contributed by atoms with Crippen molar-refractivity contribution < 1.29 is 9.18 Å². The molecule has 1 amide bonds. The summed E-state index contributed by atoms with van der Waals surface area (Å²) in [6.07, 6.45) is -0.182. The summed E-state index contributed by atoms with van der Waals surface area (Å²) in [4.78, 5) is 41.7. The first-order valence-electron chi connectivity index (χ1n) is 8.62. The Morgan fingerprint density at radius 2 is 1.94 bits per heavy atom. The fourth-order valence-electron chi connectivity index (χ4n) is 2.93. The molecule has 160 valence electrons. The largest absolute Gasteiger partial charge is 0.331 e. The smallest absolute Gasteiger partial charge is 0.302 e. The van der Waals surface area contributed by atoms with Gasteiger partial charge in [-0.2, -0.15) is 4.37 Å². The van der Waals surface area contributed by atoms with Crippen LogP contribution >= 0.6 is 46.1 Å². The van der Waals surface area contributed by atoms with E-state index in [1.807, 2.05) is 0 Å². The number of hydrogen-bond donors (Lipinski definition) is 1. The summed E-state index contributed by atoms with van der Waals surface area (Å²) in [5.74, 6) is -1.08. The number of aryl methyl sites for hydroxylation is 1. The molecule has 1 N–H and O–H groups in total. The minimum atomic E-state index is -0.633. The Labute approximate surface area is 191 Å². The van der Waals surface area contributed by atoms with Crippen LogP contribution in [0.25, 0.3) is 21.5 Å². The number of fused-ring (bicyclic) bond motifs is 1. The van der Waals surface area contributed by atoms with Crippen molar-refractivity contribution in [1.82, 2.24) is 18.5 Å². The van der Waals surface area contributed by atoms with Gasteiger partial charge in [0, 0.05) is 25.0 Å². The summed E-state index contributed by atoms with van der Waals surface area (Å²) in [5.41, 5.74) is 0.0164. The zero-order valence-corrected chi connectivity index (χ0v) is 19.0. The minimum absolute atomic E-state index is 0.100. The van der Waals surface area contributed by atoms with Gasteiger partial charge in [-0.25, -0.2) is 14.2 Å². The second kappa shape index (κ2) is 8.15. The van der Waals surface area contributed by atoms with E-state index >= 15 is 0 Å². The number of rotatable bonds is 4. The summed E-state index contributed by atoms with van der Waals surface area (Å²) in [6, 6.07) is 2.46. The molecule has 0 unspecified atom stereocenters. The third-order valence-electron chi connectivity index (χ3n) is 4.51. The number of carbonyl (C=O) groups excluding carboxylic acids is 1. The maximum atomic E-state index is 13.8. The van der Waals surface area contributed by atoms with Crippen molar-refractivity contribution in [3.8, 4) is 11.3 Å². The third kappa shape index (κ3) is 3.89. The van der Waals surface area contributed by atoms with Crippen LogP contribution in [0.1, 0.15) is 5.69 Å². The lowest BCUT2D eigenvalue weighted by Gasteiger charge is -2.04. The SMILES string of the molecule is Cn1c(=O)c2c(CC(=O)Nc3nc(-c4cc(F)c(Cl)cc4Cl)cs3)nsc2n(C)c1=O. The van der Waals surface area contributed by atoms with Crippen molar-refractivity contribution in [2.75, 3.05) is 5.32 Å². The Morgan fingerprint density at radius 1 is 1.19 bits per heavy atom. The van der Waals surface area contributed by atoms with Gasteiger partial charge in [-0.1, -0.05) is 23.2 Å². The first-order valence-corrected chi connectivity index (χ1v) is 11.0. The molecule has 0 aliphatic heterocycles. The number of benzene rings is 1. The van der Waals surface area contributed by atoms with E-state index in [-0.39, 0.29) is 32.7 Å². The zero-order chi connectivity index (χ0) is 22.4. The molecule has 1 aromatic carbocycles. The van der Waals surface area contributed by atoms with Gasteiger partial charge in [0.2, 0.25) is 5.91 Å². The summed E-state index contributed by atoms with van der Waals surface area (Å²) in [6.45, 7) is 0. The molecule has 0 aliphatic rings. The van der Waals surface area contributed by atoms with Crippen molar-refractivity contribution >= 4 is 67.3 Å². The van der Waals surface area contributed by atoms with Crippen molar-refractivity contribution in [1.29, 1.82) is 0 Å². The molecular weight excluding hydrogens is 488 g/mol. The lowest BCUT2D eigenvalue weighted by molar-refractivity contribution is -0.115. The number of thiazole rings is 1. The van der Waals surface area contributed by atoms with E-state index in [2.05, 4.69) is 14.7 Å². The van der Waals surface area contributed by atoms with Crippen LogP contribution < -0.4 is 16.6 Å². The Kier molecular flexibility index (Phi) is 5.69. The van der Waals surface area contributed by atoms with Crippen molar-refractivity contribution in [2.24, 2.45) is 14.1 Å². The number of carbonyl (C=O) groups is 1. The van der Waals surface area contributed by atoms with Crippen LogP contribution in [0.5, 0.6) is 0 Å². The second-order valence-corrected chi connectivity index (χ2v) is 8.95. The maximum Gasteiger partial charge on any atom is 0.331 e. The van der Waals surface area contributed by atoms with E-state index < -0.39 is 23.0 Å². The molecule has 4 aromatic rings. The average molecular weight is 500 g/mol. The molecule has 4 rings (SSSR count). The molecule has 0 saturated carbocycles. The van der Waals surface area contributed by atoms with Gasteiger partial charge >= 0.3 is 5.69 Å². The Morgan fingerprint density at radius 3 is 2.68 bits per heavy atom. The molecule has 0 aliphatic carbocycles. The van der Waals surface area contributed by atoms with Crippen molar-refractivity contribution in [2.45, 2.75) is 6.42 Å². The summed E-state index contributed by atoms with van der Waals surface area (Å²) in [5, 5.41) is 4.88. The molecule has 0 atom stereocenters. The van der Waals surface area contributed by atoms with Gasteiger partial charge < -0.3 is 5.32 Å². The van der Waals surface area contributed by atoms with E-state index in [4.69, 9.17) is 23.2 Å². The van der Waals surface area contributed by atoms with Crippen LogP contribution in [0.4, 0.5) is 9.52 Å². The van der Waals surface area contributed by atoms with Crippen LogP contribution in [0.15, 0.2) is 27.1 Å². The van der Waals surface area contributed by atoms with Gasteiger partial charge in [0.15, 0.2) is 5.13 Å². The number of amides is 1. The van der Waals surface area contributed by atoms with Gasteiger partial charge in [0.25, 0.3) is 5.56 Å². The Balaban J connectivity index is 1.58. The van der Waals surface area contributed by atoms with Gasteiger partial charge in [0.1, 0.15) is 10.6 Å². The topological polar surface area (TPSA) is 98.9 Å². The molecule has 3 heterocycles. The number of nitrogens with zero attached hydrogens (tertiary/aromatic N) is 4. The molecular formula is C18H12Cl2FN5O3S2. The molecule has 0 fully saturated rings. The zero-order valence-electron chi connectivity index (χ0n) is 15.9. The van der Waals surface area contributed by atoms with E-state index in [9.17, 15) is 18.8 Å². The predicted octanol–water partition coefficient (Wildman–Crippen LogP) is 3.44. The van der Waals surface area contributed by atoms with Crippen molar-refractivity contribution in [3.63, 3.8) is 0 Å². The summed E-state index contributed by atoms with van der Waals surface area (Å²) >= 11 is 13.9. The quantitative estimate of drug-likeness (QED) is 0.433. The monoisotopic (exact) mass is 499 g/mol. The number of nitrogens with one attached hydrogen (secondary N) is 1. The molecule has 0 saturated heterocycles. The molecule has 8 nitrogen and oxygen atoms in total. The highest BCUT2D eigenvalue weighted by atomic mass is 35.5. The highest BCUT2D eigenvalue weighted by Gasteiger charge is 2.19. The number of aromatic nitrogens is 4. The third-order valence-corrected chi connectivity index (χ3v) is 6.83. The first-order chi connectivity index (χ1) is 14.7. The maximum absolute atomic E-state index is 13.8. The molecule has 0 radical (unpaired) electrons. The van der Waals surface area contributed by atoms with E-state index in [1.54, 1.807) is 5.38 Å². The summed E-state index contributed by atoms with van der Waals surface area (Å²) in [7, 11) is 2.90. The van der Waals surface area contributed by atoms with Gasteiger partial charge in [-0.3, -0.25) is 18.7 Å². The van der Waals surface area contributed by atoms with E-state index in [0.717, 1.165) is 27.4 Å². The second-order valence-electron chi connectivity index (χ2n) is 6.52. The Bertz CT molecular complexity index is 1470. The molecule has 3 aromatic heterocycles. The Hall–Kier alpha value is -2.60. The molecule has 0 bridgehead atoms. The number of halogens is 3. The minimum Gasteiger partial charge on any atom is -0.302 e. The first kappa shape index (κ1) is 21.6.